The van der Waals surface area contributed by atoms with Crippen LogP contribution in [0.15, 0.2) is 12.7 Å². The zero-order valence-electron chi connectivity index (χ0n) is 14.7. The summed E-state index contributed by atoms with van der Waals surface area (Å²) >= 11 is 0. The number of aromatic nitrogens is 4. The quantitative estimate of drug-likeness (QED) is 0.572. The summed E-state index contributed by atoms with van der Waals surface area (Å²) in [5.41, 5.74) is 1.79. The Hall–Kier alpha value is -1.65. The van der Waals surface area contributed by atoms with Crippen LogP contribution in [0.3, 0.4) is 0 Å². The van der Waals surface area contributed by atoms with Crippen LogP contribution in [-0.4, -0.2) is 26.6 Å². The first-order valence-corrected chi connectivity index (χ1v) is 9.20. The summed E-state index contributed by atoms with van der Waals surface area (Å²) in [6.45, 7) is 3.27. The van der Waals surface area contributed by atoms with Gasteiger partial charge in [-0.2, -0.15) is 0 Å². The number of unbranched alkanes of at least 4 members (excludes halogenated alkanes) is 9. The van der Waals surface area contributed by atoms with Crippen molar-refractivity contribution in [2.45, 2.75) is 77.7 Å². The molecule has 2 heterocycles. The van der Waals surface area contributed by atoms with E-state index in [1.54, 1.807) is 6.33 Å². The zero-order valence-corrected chi connectivity index (χ0v) is 14.7. The van der Waals surface area contributed by atoms with Crippen LogP contribution in [0, 0.1) is 0 Å². The molecule has 0 saturated carbocycles. The van der Waals surface area contributed by atoms with Gasteiger partial charge in [-0.3, -0.25) is 0 Å². The van der Waals surface area contributed by atoms with Gasteiger partial charge in [-0.15, -0.1) is 0 Å². The molecule has 2 rings (SSSR count). The number of anilines is 1. The summed E-state index contributed by atoms with van der Waals surface area (Å²) in [5, 5.41) is 3.06. The molecule has 0 atom stereocenters. The topological polar surface area (TPSA) is 55.6 Å². The fraction of sp³-hybridized carbons (Fsp3) is 0.722. The van der Waals surface area contributed by atoms with Crippen molar-refractivity contribution in [2.24, 2.45) is 0 Å². The molecule has 0 fully saturated rings. The molecule has 2 aromatic heterocycles. The maximum atomic E-state index is 4.43. The lowest BCUT2D eigenvalue weighted by molar-refractivity contribution is 0.537. The minimum atomic E-state index is 0.803. The molecule has 128 valence electrons. The number of imidazole rings is 1. The largest absolute Gasteiger partial charge is 0.371 e. The molecule has 0 saturated heterocycles. The fourth-order valence-corrected chi connectivity index (χ4v) is 3.00. The SMILES string of the molecule is CCCCCCCCCCCCn1cnc2c(NC)ncnc21. The van der Waals surface area contributed by atoms with Crippen LogP contribution in [0.1, 0.15) is 71.1 Å². The molecule has 23 heavy (non-hydrogen) atoms. The predicted octanol–water partition coefficient (Wildman–Crippen LogP) is 4.79. The van der Waals surface area contributed by atoms with Gasteiger partial charge in [0.25, 0.3) is 0 Å². The van der Waals surface area contributed by atoms with Gasteiger partial charge in [-0.25, -0.2) is 15.0 Å². The standard InChI is InChI=1S/C18H31N5/c1-3-4-5-6-7-8-9-10-11-12-13-23-15-22-16-17(19-2)20-14-21-18(16)23/h14-15H,3-13H2,1-2H3,(H,19,20,21). The van der Waals surface area contributed by atoms with Gasteiger partial charge in [0.2, 0.25) is 0 Å². The molecule has 0 spiro atoms. The molecule has 5 nitrogen and oxygen atoms in total. The summed E-state index contributed by atoms with van der Waals surface area (Å²) < 4.78 is 2.14. The maximum absolute atomic E-state index is 4.43. The van der Waals surface area contributed by atoms with Gasteiger partial charge in [0.15, 0.2) is 11.5 Å². The van der Waals surface area contributed by atoms with E-state index in [9.17, 15) is 0 Å². The van der Waals surface area contributed by atoms with Crippen molar-refractivity contribution in [3.05, 3.63) is 12.7 Å². The van der Waals surface area contributed by atoms with Gasteiger partial charge in [0, 0.05) is 13.6 Å². The number of hydrogen-bond acceptors (Lipinski definition) is 4. The number of nitrogens with zero attached hydrogens (tertiary/aromatic N) is 4. The molecule has 1 N–H and O–H groups in total. The van der Waals surface area contributed by atoms with Gasteiger partial charge in [-0.1, -0.05) is 64.7 Å². The number of rotatable bonds is 12. The van der Waals surface area contributed by atoms with E-state index < -0.39 is 0 Å². The van der Waals surface area contributed by atoms with Crippen molar-refractivity contribution in [3.8, 4) is 0 Å². The van der Waals surface area contributed by atoms with Crippen LogP contribution in [0.5, 0.6) is 0 Å². The van der Waals surface area contributed by atoms with Crippen LogP contribution >= 0.6 is 0 Å². The predicted molar refractivity (Wildman–Crippen MR) is 96.7 cm³/mol. The summed E-state index contributed by atoms with van der Waals surface area (Å²) in [4.78, 5) is 13.0. The minimum Gasteiger partial charge on any atom is -0.371 e. The third-order valence-corrected chi connectivity index (χ3v) is 4.39. The lowest BCUT2D eigenvalue weighted by atomic mass is 10.1. The van der Waals surface area contributed by atoms with Crippen molar-refractivity contribution in [2.75, 3.05) is 12.4 Å². The lowest BCUT2D eigenvalue weighted by Gasteiger charge is -2.05. The molecule has 0 amide bonds. The van der Waals surface area contributed by atoms with E-state index in [1.807, 2.05) is 13.4 Å². The Bertz CT molecular complexity index is 564. The number of aryl methyl sites for hydroxylation is 1. The number of nitrogens with one attached hydrogen (secondary N) is 1. The summed E-state index contributed by atoms with van der Waals surface area (Å²) in [7, 11) is 1.86. The van der Waals surface area contributed by atoms with Crippen LogP contribution < -0.4 is 5.32 Å². The molecule has 0 bridgehead atoms. The molecular formula is C18H31N5. The highest BCUT2D eigenvalue weighted by atomic mass is 15.1. The molecule has 0 radical (unpaired) electrons. The van der Waals surface area contributed by atoms with Crippen molar-refractivity contribution in [3.63, 3.8) is 0 Å². The molecule has 5 heteroatoms. The first-order chi connectivity index (χ1) is 11.4. The molecular weight excluding hydrogens is 286 g/mol. The molecule has 2 aromatic rings. The summed E-state index contributed by atoms with van der Waals surface area (Å²) in [5.74, 6) is 0.803. The summed E-state index contributed by atoms with van der Waals surface area (Å²) in [6.07, 6.45) is 17.1. The average molecular weight is 317 g/mol. The van der Waals surface area contributed by atoms with E-state index in [2.05, 4.69) is 31.8 Å². The maximum Gasteiger partial charge on any atom is 0.165 e. The second kappa shape index (κ2) is 10.2. The first-order valence-electron chi connectivity index (χ1n) is 9.20. The van der Waals surface area contributed by atoms with Crippen molar-refractivity contribution in [1.29, 1.82) is 0 Å². The zero-order chi connectivity index (χ0) is 16.3. The highest BCUT2D eigenvalue weighted by Gasteiger charge is 2.08. The van der Waals surface area contributed by atoms with Gasteiger partial charge in [0.1, 0.15) is 11.8 Å². The molecule has 0 aliphatic heterocycles. The summed E-state index contributed by atoms with van der Waals surface area (Å²) in [6, 6.07) is 0. The Kier molecular flexibility index (Phi) is 7.84. The van der Waals surface area contributed by atoms with E-state index in [0.29, 0.717) is 0 Å². The van der Waals surface area contributed by atoms with E-state index in [1.165, 1.54) is 64.2 Å². The average Bonchev–Trinajstić information content (AvgIpc) is 3.00. The number of fused-ring (bicyclic) bond motifs is 1. The third kappa shape index (κ3) is 5.48. The minimum absolute atomic E-state index is 0.803. The Labute approximate surface area is 139 Å². The Balaban J connectivity index is 1.62. The van der Waals surface area contributed by atoms with E-state index in [0.717, 1.165) is 23.5 Å². The molecule has 0 aliphatic rings. The van der Waals surface area contributed by atoms with Gasteiger partial charge in [-0.05, 0) is 6.42 Å². The van der Waals surface area contributed by atoms with Crippen molar-refractivity contribution >= 4 is 17.0 Å². The fourth-order valence-electron chi connectivity index (χ4n) is 3.00. The van der Waals surface area contributed by atoms with Gasteiger partial charge < -0.3 is 9.88 Å². The van der Waals surface area contributed by atoms with Crippen molar-refractivity contribution < 1.29 is 0 Å². The molecule has 0 unspecified atom stereocenters. The Morgan fingerprint density at radius 1 is 0.870 bits per heavy atom. The normalized spacial score (nSPS) is 11.2. The van der Waals surface area contributed by atoms with Crippen LogP contribution in [0.2, 0.25) is 0 Å². The van der Waals surface area contributed by atoms with Gasteiger partial charge in [0.05, 0.1) is 6.33 Å². The Morgan fingerprint density at radius 3 is 2.17 bits per heavy atom. The van der Waals surface area contributed by atoms with Crippen LogP contribution in [0.25, 0.3) is 11.2 Å². The van der Waals surface area contributed by atoms with E-state index >= 15 is 0 Å². The second-order valence-corrected chi connectivity index (χ2v) is 6.26. The monoisotopic (exact) mass is 317 g/mol. The lowest BCUT2D eigenvalue weighted by Crippen LogP contribution is -1.99. The molecule has 0 aliphatic carbocycles. The number of hydrogen-bond donors (Lipinski definition) is 1. The molecule has 0 aromatic carbocycles. The van der Waals surface area contributed by atoms with E-state index in [4.69, 9.17) is 0 Å². The van der Waals surface area contributed by atoms with Crippen LogP contribution in [-0.2, 0) is 6.54 Å². The highest BCUT2D eigenvalue weighted by molar-refractivity contribution is 5.82. The van der Waals surface area contributed by atoms with E-state index in [-0.39, 0.29) is 0 Å². The van der Waals surface area contributed by atoms with Crippen molar-refractivity contribution in [1.82, 2.24) is 19.5 Å². The third-order valence-electron chi connectivity index (χ3n) is 4.39. The van der Waals surface area contributed by atoms with Gasteiger partial charge >= 0.3 is 0 Å². The Morgan fingerprint density at radius 2 is 1.52 bits per heavy atom. The van der Waals surface area contributed by atoms with Crippen LogP contribution in [0.4, 0.5) is 5.82 Å². The highest BCUT2D eigenvalue weighted by Crippen LogP contribution is 2.17. The smallest absolute Gasteiger partial charge is 0.165 e. The first kappa shape index (κ1) is 17.7. The second-order valence-electron chi connectivity index (χ2n) is 6.26.